The summed E-state index contributed by atoms with van der Waals surface area (Å²) >= 11 is 0. The van der Waals surface area contributed by atoms with Gasteiger partial charge in [-0.05, 0) is 6.04 Å². The van der Waals surface area contributed by atoms with Crippen LogP contribution in [0.3, 0.4) is 0 Å². The summed E-state index contributed by atoms with van der Waals surface area (Å²) in [4.78, 5) is 10.2. The van der Waals surface area contributed by atoms with Gasteiger partial charge in [-0.2, -0.15) is 0 Å². The Labute approximate surface area is 80.7 Å². The third kappa shape index (κ3) is 2.77. The first-order valence-corrected chi connectivity index (χ1v) is 5.36. The van der Waals surface area contributed by atoms with Gasteiger partial charge in [0.2, 0.25) is 0 Å². The van der Waals surface area contributed by atoms with E-state index >= 15 is 0 Å². The lowest BCUT2D eigenvalue weighted by Gasteiger charge is -2.33. The van der Waals surface area contributed by atoms with Crippen LogP contribution in [0.4, 0.5) is 0 Å². The van der Waals surface area contributed by atoms with Crippen LogP contribution in [0, 0.1) is 0 Å². The summed E-state index contributed by atoms with van der Waals surface area (Å²) in [5, 5.41) is 0. The number of rotatable bonds is 7. The van der Waals surface area contributed by atoms with Gasteiger partial charge < -0.3 is 18.9 Å². The highest BCUT2D eigenvalue weighted by Gasteiger charge is 2.41. The van der Waals surface area contributed by atoms with Crippen LogP contribution in [0.15, 0.2) is 0 Å². The van der Waals surface area contributed by atoms with Gasteiger partial charge in [0, 0.05) is 31.6 Å². The summed E-state index contributed by atoms with van der Waals surface area (Å²) < 4.78 is 19.8. The van der Waals surface area contributed by atoms with E-state index in [0.717, 1.165) is 16.3 Å². The summed E-state index contributed by atoms with van der Waals surface area (Å²) in [5.74, 6) is -1.40. The van der Waals surface area contributed by atoms with Crippen molar-refractivity contribution in [2.24, 2.45) is 0 Å². The van der Waals surface area contributed by atoms with Crippen LogP contribution >= 0.6 is 0 Å². The average Bonchev–Trinajstić information content (AvgIpc) is 2.18. The molecule has 0 N–H and O–H groups in total. The van der Waals surface area contributed by atoms with Gasteiger partial charge in [0.05, 0.1) is 0 Å². The number of hydrogen-bond donors (Lipinski definition) is 0. The number of ether oxygens (including phenoxy) is 4. The molecule has 0 aromatic heterocycles. The van der Waals surface area contributed by atoms with Crippen molar-refractivity contribution in [2.75, 3.05) is 21.3 Å². The molecule has 0 aromatic rings. The summed E-state index contributed by atoms with van der Waals surface area (Å²) in [6.07, 6.45) is -0.389. The third-order valence-electron chi connectivity index (χ3n) is 1.83. The summed E-state index contributed by atoms with van der Waals surface area (Å²) in [6.45, 7) is 0.288. The van der Waals surface area contributed by atoms with Crippen molar-refractivity contribution in [3.63, 3.8) is 0 Å². The molecule has 0 radical (unpaired) electrons. The molecule has 13 heavy (non-hydrogen) atoms. The average molecular weight is 208 g/mol. The van der Waals surface area contributed by atoms with Gasteiger partial charge in [0.1, 0.15) is 6.10 Å². The summed E-state index contributed by atoms with van der Waals surface area (Å²) in [7, 11) is 5.21. The largest absolute Gasteiger partial charge is 0.408 e. The van der Waals surface area contributed by atoms with Crippen LogP contribution in [0.25, 0.3) is 0 Å². The van der Waals surface area contributed by atoms with Gasteiger partial charge in [-0.3, -0.25) is 4.79 Å². The van der Waals surface area contributed by atoms with Crippen LogP contribution in [0.5, 0.6) is 0 Å². The Balaban J connectivity index is 4.59. The maximum absolute atomic E-state index is 10.2. The van der Waals surface area contributed by atoms with Gasteiger partial charge in [0.15, 0.2) is 0 Å². The molecule has 0 amide bonds. The van der Waals surface area contributed by atoms with E-state index in [1.54, 1.807) is 0 Å². The highest BCUT2D eigenvalue weighted by Crippen LogP contribution is 2.22. The van der Waals surface area contributed by atoms with Crippen molar-refractivity contribution in [3.05, 3.63) is 0 Å². The second-order valence-corrected chi connectivity index (χ2v) is 3.17. The lowest BCUT2D eigenvalue weighted by Crippen LogP contribution is -2.49. The molecule has 0 rings (SSSR count). The lowest BCUT2D eigenvalue weighted by atomic mass is 10.3. The molecule has 0 aliphatic heterocycles. The minimum atomic E-state index is -1.40. The molecule has 0 spiro atoms. The Morgan fingerprint density at radius 2 is 1.92 bits per heavy atom. The van der Waals surface area contributed by atoms with Crippen molar-refractivity contribution in [3.8, 4) is 0 Å². The Morgan fingerprint density at radius 3 is 2.15 bits per heavy atom. The quantitative estimate of drug-likeness (QED) is 0.302. The molecule has 5 nitrogen and oxygen atoms in total. The fraction of sp³-hybridized carbons (Fsp3) is 0.857. The number of methoxy groups -OCH3 is 3. The first-order chi connectivity index (χ1) is 6.20. The van der Waals surface area contributed by atoms with Crippen LogP contribution in [-0.4, -0.2) is 50.1 Å². The van der Waals surface area contributed by atoms with Crippen molar-refractivity contribution in [2.45, 2.75) is 18.1 Å². The molecular weight excluding hydrogens is 192 g/mol. The van der Waals surface area contributed by atoms with Crippen LogP contribution < -0.4 is 0 Å². The Hall–Kier alpha value is -0.433. The maximum atomic E-state index is 10.2. The van der Waals surface area contributed by atoms with Gasteiger partial charge in [-0.1, -0.05) is 0 Å². The molecule has 0 aliphatic carbocycles. The molecule has 0 aliphatic rings. The first-order valence-electron chi connectivity index (χ1n) is 3.95. The molecule has 1 unspecified atom stereocenters. The van der Waals surface area contributed by atoms with E-state index in [4.69, 9.17) is 18.9 Å². The SMILES string of the molecule is COC(C[SiH3])C(OC)(OC)OC=O. The molecular formula is C7H16O5Si. The van der Waals surface area contributed by atoms with Gasteiger partial charge in [-0.15, -0.1) is 0 Å². The van der Waals surface area contributed by atoms with Gasteiger partial charge in [0.25, 0.3) is 6.47 Å². The zero-order chi connectivity index (χ0) is 10.3. The highest BCUT2D eigenvalue weighted by molar-refractivity contribution is 6.08. The van der Waals surface area contributed by atoms with E-state index in [9.17, 15) is 4.79 Å². The van der Waals surface area contributed by atoms with Crippen molar-refractivity contribution in [1.29, 1.82) is 0 Å². The predicted molar refractivity (Wildman–Crippen MR) is 49.4 cm³/mol. The topological polar surface area (TPSA) is 54.0 Å². The van der Waals surface area contributed by atoms with Crippen LogP contribution in [-0.2, 0) is 23.7 Å². The third-order valence-corrected chi connectivity index (χ3v) is 2.57. The standard InChI is InChI=1S/C7H16O5Si/c1-9-6(4-13)7(10-2,11-3)12-5-8/h5-6H,4H2,1-3,13H3. The van der Waals surface area contributed by atoms with E-state index < -0.39 is 5.97 Å². The number of hydrogen-bond acceptors (Lipinski definition) is 5. The number of carbonyl (C=O) groups is 1. The lowest BCUT2D eigenvalue weighted by molar-refractivity contribution is -0.374. The van der Waals surface area contributed by atoms with E-state index in [2.05, 4.69) is 0 Å². The van der Waals surface area contributed by atoms with Crippen molar-refractivity contribution in [1.82, 2.24) is 0 Å². The van der Waals surface area contributed by atoms with Crippen LogP contribution in [0.1, 0.15) is 0 Å². The minimum absolute atomic E-state index is 0.288. The van der Waals surface area contributed by atoms with Gasteiger partial charge in [-0.25, -0.2) is 0 Å². The van der Waals surface area contributed by atoms with E-state index in [0.29, 0.717) is 0 Å². The molecule has 0 heterocycles. The summed E-state index contributed by atoms with van der Waals surface area (Å²) in [5.41, 5.74) is 0. The molecule has 1 atom stereocenters. The summed E-state index contributed by atoms with van der Waals surface area (Å²) in [6, 6.07) is 0.742. The molecule has 0 saturated carbocycles. The maximum Gasteiger partial charge on any atom is 0.355 e. The van der Waals surface area contributed by atoms with Gasteiger partial charge >= 0.3 is 5.97 Å². The fourth-order valence-electron chi connectivity index (χ4n) is 1.15. The predicted octanol–water partition coefficient (Wildman–Crippen LogP) is -1.10. The molecule has 78 valence electrons. The van der Waals surface area contributed by atoms with E-state index in [1.165, 1.54) is 21.3 Å². The van der Waals surface area contributed by atoms with Crippen molar-refractivity contribution >= 4 is 16.7 Å². The monoisotopic (exact) mass is 208 g/mol. The van der Waals surface area contributed by atoms with Crippen LogP contribution in [0.2, 0.25) is 6.04 Å². The van der Waals surface area contributed by atoms with Crippen molar-refractivity contribution < 1.29 is 23.7 Å². The highest BCUT2D eigenvalue weighted by atomic mass is 28.1. The Bertz CT molecular complexity index is 144. The smallest absolute Gasteiger partial charge is 0.355 e. The number of carbonyl (C=O) groups excluding carboxylic acids is 1. The molecule has 6 heteroatoms. The molecule has 0 bridgehead atoms. The minimum Gasteiger partial charge on any atom is -0.408 e. The normalized spacial score (nSPS) is 14.1. The van der Waals surface area contributed by atoms with E-state index in [1.807, 2.05) is 0 Å². The Kier molecular flexibility index (Phi) is 5.88. The molecule has 0 aromatic carbocycles. The Morgan fingerprint density at radius 1 is 1.38 bits per heavy atom. The molecule has 0 saturated heterocycles. The van der Waals surface area contributed by atoms with E-state index in [-0.39, 0.29) is 12.6 Å². The fourth-order valence-corrected chi connectivity index (χ4v) is 1.98. The second kappa shape index (κ2) is 6.09. The first kappa shape index (κ1) is 12.6. The molecule has 0 fully saturated rings. The zero-order valence-corrected chi connectivity index (χ0v) is 10.4. The zero-order valence-electron chi connectivity index (χ0n) is 8.40. The second-order valence-electron chi connectivity index (χ2n) is 2.36.